The second-order valence-electron chi connectivity index (χ2n) is 6.13. The van der Waals surface area contributed by atoms with Crippen LogP contribution < -0.4 is 10.1 Å². The third kappa shape index (κ3) is 4.46. The first-order chi connectivity index (χ1) is 13.0. The van der Waals surface area contributed by atoms with E-state index in [1.165, 1.54) is 0 Å². The lowest BCUT2D eigenvalue weighted by atomic mass is 10.2. The number of methoxy groups -OCH3 is 1. The van der Waals surface area contributed by atoms with Crippen LogP contribution in [-0.4, -0.2) is 65.4 Å². The van der Waals surface area contributed by atoms with Crippen molar-refractivity contribution in [2.24, 2.45) is 0 Å². The summed E-state index contributed by atoms with van der Waals surface area (Å²) in [5.74, 6) is 0.700. The van der Waals surface area contributed by atoms with Crippen LogP contribution in [0.5, 0.6) is 5.75 Å². The second-order valence-corrected chi connectivity index (χ2v) is 6.53. The molecule has 2 heterocycles. The molecular formula is C18H20ClN5O3. The van der Waals surface area contributed by atoms with Gasteiger partial charge in [-0.15, -0.1) is 0 Å². The lowest BCUT2D eigenvalue weighted by Gasteiger charge is -2.32. The molecule has 0 atom stereocenters. The van der Waals surface area contributed by atoms with Crippen molar-refractivity contribution in [1.29, 1.82) is 0 Å². The van der Waals surface area contributed by atoms with Gasteiger partial charge in [0, 0.05) is 37.6 Å². The minimum absolute atomic E-state index is 0.179. The summed E-state index contributed by atoms with van der Waals surface area (Å²) in [7, 11) is 1.55. The lowest BCUT2D eigenvalue weighted by Crippen LogP contribution is -2.48. The highest BCUT2D eigenvalue weighted by atomic mass is 35.5. The van der Waals surface area contributed by atoms with E-state index in [1.807, 2.05) is 0 Å². The Hall–Kier alpha value is -2.87. The Labute approximate surface area is 162 Å². The van der Waals surface area contributed by atoms with Crippen LogP contribution in [0.4, 0.5) is 11.6 Å². The van der Waals surface area contributed by atoms with Gasteiger partial charge in [-0.3, -0.25) is 9.59 Å². The van der Waals surface area contributed by atoms with E-state index in [4.69, 9.17) is 16.3 Å². The molecule has 1 aliphatic rings. The van der Waals surface area contributed by atoms with Gasteiger partial charge in [0.1, 0.15) is 11.4 Å². The van der Waals surface area contributed by atoms with Crippen LogP contribution in [0.3, 0.4) is 0 Å². The number of nitrogens with one attached hydrogen (secondary N) is 1. The third-order valence-electron chi connectivity index (χ3n) is 4.23. The number of hydrogen-bond donors (Lipinski definition) is 1. The first kappa shape index (κ1) is 18.9. The largest absolute Gasteiger partial charge is 0.495 e. The van der Waals surface area contributed by atoms with Crippen LogP contribution in [-0.2, 0) is 4.79 Å². The number of carbonyl (C=O) groups excluding carboxylic acids is 2. The van der Waals surface area contributed by atoms with Crippen LogP contribution in [0, 0.1) is 6.92 Å². The summed E-state index contributed by atoms with van der Waals surface area (Å²) in [4.78, 5) is 35.6. The average Bonchev–Trinajstić information content (AvgIpc) is 2.67. The van der Waals surface area contributed by atoms with Gasteiger partial charge in [-0.1, -0.05) is 11.6 Å². The zero-order chi connectivity index (χ0) is 19.4. The quantitative estimate of drug-likeness (QED) is 0.788. The Bertz CT molecular complexity index is 853. The number of carbonyl (C=O) groups is 2. The smallest absolute Gasteiger partial charge is 0.272 e. The molecule has 1 N–H and O–H groups in total. The van der Waals surface area contributed by atoms with E-state index in [0.717, 1.165) is 6.41 Å². The molecule has 8 nitrogen and oxygen atoms in total. The third-order valence-corrected chi connectivity index (χ3v) is 4.53. The van der Waals surface area contributed by atoms with Gasteiger partial charge in [0.25, 0.3) is 5.91 Å². The molecule has 1 fully saturated rings. The van der Waals surface area contributed by atoms with Crippen LogP contribution in [0.15, 0.2) is 24.3 Å². The topological polar surface area (TPSA) is 87.7 Å². The zero-order valence-corrected chi connectivity index (χ0v) is 15.9. The number of nitrogens with zero attached hydrogens (tertiary/aromatic N) is 4. The maximum absolute atomic E-state index is 12.8. The second kappa shape index (κ2) is 8.22. The number of piperazine rings is 1. The molecule has 2 amide bonds. The highest BCUT2D eigenvalue weighted by molar-refractivity contribution is 6.32. The molecule has 2 aromatic rings. The van der Waals surface area contributed by atoms with E-state index in [-0.39, 0.29) is 5.91 Å². The number of halogens is 1. The minimum atomic E-state index is -0.179. The SMILES string of the molecule is COc1ccc(Nc2nc(C)cc(C(=O)N3CCN(C=O)CC3)n2)cc1Cl. The van der Waals surface area contributed by atoms with Gasteiger partial charge in [-0.05, 0) is 31.2 Å². The summed E-state index contributed by atoms with van der Waals surface area (Å²) in [6.45, 7) is 3.81. The van der Waals surface area contributed by atoms with Gasteiger partial charge in [0.05, 0.1) is 12.1 Å². The van der Waals surface area contributed by atoms with Gasteiger partial charge in [0.15, 0.2) is 0 Å². The number of aryl methyl sites for hydroxylation is 1. The maximum Gasteiger partial charge on any atom is 0.272 e. The van der Waals surface area contributed by atoms with Gasteiger partial charge in [-0.2, -0.15) is 0 Å². The summed E-state index contributed by atoms with van der Waals surface area (Å²) < 4.78 is 5.14. The number of benzene rings is 1. The monoisotopic (exact) mass is 389 g/mol. The van der Waals surface area contributed by atoms with Gasteiger partial charge < -0.3 is 19.9 Å². The van der Waals surface area contributed by atoms with Crippen LogP contribution in [0.1, 0.15) is 16.2 Å². The van der Waals surface area contributed by atoms with Crippen molar-refractivity contribution in [3.63, 3.8) is 0 Å². The molecule has 27 heavy (non-hydrogen) atoms. The first-order valence-corrected chi connectivity index (χ1v) is 8.83. The summed E-state index contributed by atoms with van der Waals surface area (Å²) >= 11 is 6.14. The molecule has 1 aliphatic heterocycles. The van der Waals surface area contributed by atoms with Crippen molar-refractivity contribution in [2.75, 3.05) is 38.6 Å². The highest BCUT2D eigenvalue weighted by Gasteiger charge is 2.23. The summed E-state index contributed by atoms with van der Waals surface area (Å²) in [6.07, 6.45) is 0.804. The Morgan fingerprint density at radius 1 is 1.22 bits per heavy atom. The van der Waals surface area contributed by atoms with Crippen molar-refractivity contribution < 1.29 is 14.3 Å². The van der Waals surface area contributed by atoms with E-state index in [0.29, 0.717) is 60.0 Å². The summed E-state index contributed by atoms with van der Waals surface area (Å²) in [6, 6.07) is 6.88. The molecule has 0 radical (unpaired) electrons. The summed E-state index contributed by atoms with van der Waals surface area (Å²) in [5.41, 5.74) is 1.66. The van der Waals surface area contributed by atoms with Crippen molar-refractivity contribution >= 4 is 35.6 Å². The fourth-order valence-electron chi connectivity index (χ4n) is 2.80. The molecule has 1 aromatic heterocycles. The standard InChI is InChI=1S/C18H20ClN5O3/c1-12-9-15(17(26)24-7-5-23(11-25)6-8-24)22-18(20-12)21-13-3-4-16(27-2)14(19)10-13/h3-4,9-11H,5-8H2,1-2H3,(H,20,21,22). The number of rotatable bonds is 5. The molecule has 0 saturated carbocycles. The van der Waals surface area contributed by atoms with E-state index >= 15 is 0 Å². The fraction of sp³-hybridized carbons (Fsp3) is 0.333. The Kier molecular flexibility index (Phi) is 5.75. The van der Waals surface area contributed by atoms with Crippen LogP contribution in [0.2, 0.25) is 5.02 Å². The maximum atomic E-state index is 12.8. The molecular weight excluding hydrogens is 370 g/mol. The predicted molar refractivity (Wildman–Crippen MR) is 102 cm³/mol. The highest BCUT2D eigenvalue weighted by Crippen LogP contribution is 2.28. The van der Waals surface area contributed by atoms with Crippen molar-refractivity contribution in [1.82, 2.24) is 19.8 Å². The number of amides is 2. The Morgan fingerprint density at radius 3 is 2.59 bits per heavy atom. The molecule has 142 valence electrons. The number of hydrogen-bond acceptors (Lipinski definition) is 6. The van der Waals surface area contributed by atoms with Crippen molar-refractivity contribution in [3.05, 3.63) is 40.7 Å². The van der Waals surface area contributed by atoms with Gasteiger partial charge in [0.2, 0.25) is 12.4 Å². The van der Waals surface area contributed by atoms with E-state index in [9.17, 15) is 9.59 Å². The first-order valence-electron chi connectivity index (χ1n) is 8.45. The minimum Gasteiger partial charge on any atom is -0.495 e. The normalized spacial score (nSPS) is 14.0. The molecule has 9 heteroatoms. The number of anilines is 2. The molecule has 3 rings (SSSR count). The van der Waals surface area contributed by atoms with E-state index in [2.05, 4.69) is 15.3 Å². The Balaban J connectivity index is 1.77. The molecule has 1 aromatic carbocycles. The molecule has 0 spiro atoms. The average molecular weight is 390 g/mol. The Morgan fingerprint density at radius 2 is 1.96 bits per heavy atom. The van der Waals surface area contributed by atoms with E-state index < -0.39 is 0 Å². The van der Waals surface area contributed by atoms with Gasteiger partial charge in [-0.25, -0.2) is 9.97 Å². The van der Waals surface area contributed by atoms with Crippen molar-refractivity contribution in [2.45, 2.75) is 6.92 Å². The molecule has 0 unspecified atom stereocenters. The zero-order valence-electron chi connectivity index (χ0n) is 15.1. The number of aromatic nitrogens is 2. The molecule has 0 bridgehead atoms. The van der Waals surface area contributed by atoms with Crippen molar-refractivity contribution in [3.8, 4) is 5.75 Å². The van der Waals surface area contributed by atoms with E-state index in [1.54, 1.807) is 48.1 Å². The summed E-state index contributed by atoms with van der Waals surface area (Å²) in [5, 5.41) is 3.52. The predicted octanol–water partition coefficient (Wildman–Crippen LogP) is 2.10. The van der Waals surface area contributed by atoms with Gasteiger partial charge >= 0.3 is 0 Å². The van der Waals surface area contributed by atoms with Crippen LogP contribution in [0.25, 0.3) is 0 Å². The lowest BCUT2D eigenvalue weighted by molar-refractivity contribution is -0.119. The molecule has 0 aliphatic carbocycles. The van der Waals surface area contributed by atoms with Crippen LogP contribution >= 0.6 is 11.6 Å². The fourth-order valence-corrected chi connectivity index (χ4v) is 3.06. The molecule has 1 saturated heterocycles. The number of ether oxygens (including phenoxy) is 1.